The Balaban J connectivity index is 1.29. The number of para-hydroxylation sites is 1. The predicted octanol–water partition coefficient (Wildman–Crippen LogP) is 3.38. The molecule has 28 heavy (non-hydrogen) atoms. The van der Waals surface area contributed by atoms with Gasteiger partial charge in [0.15, 0.2) is 0 Å². The lowest BCUT2D eigenvalue weighted by molar-refractivity contribution is 0.170. The number of likely N-dealkylation sites (tertiary alicyclic amines) is 1. The Morgan fingerprint density at radius 3 is 2.43 bits per heavy atom. The van der Waals surface area contributed by atoms with Gasteiger partial charge in [-0.3, -0.25) is 14.3 Å². The number of hydrogen-bond donors (Lipinski definition) is 1. The minimum Gasteiger partial charge on any atom is -0.307 e. The zero-order valence-electron chi connectivity index (χ0n) is 16.1. The first kappa shape index (κ1) is 18.7. The molecule has 1 fully saturated rings. The van der Waals surface area contributed by atoms with Gasteiger partial charge in [0.2, 0.25) is 0 Å². The van der Waals surface area contributed by atoms with Gasteiger partial charge in [-0.25, -0.2) is 4.79 Å². The lowest BCUT2D eigenvalue weighted by Crippen LogP contribution is -2.36. The van der Waals surface area contributed by atoms with E-state index in [4.69, 9.17) is 0 Å². The van der Waals surface area contributed by atoms with Crippen molar-refractivity contribution in [1.29, 1.82) is 0 Å². The fourth-order valence-corrected chi connectivity index (χ4v) is 4.21. The van der Waals surface area contributed by atoms with Gasteiger partial charge in [-0.2, -0.15) is 0 Å². The van der Waals surface area contributed by atoms with Crippen LogP contribution in [0.15, 0.2) is 64.2 Å². The highest BCUT2D eigenvalue weighted by atomic mass is 16.2. The van der Waals surface area contributed by atoms with Crippen LogP contribution in [0.1, 0.15) is 31.2 Å². The largest absolute Gasteiger partial charge is 0.328 e. The predicted molar refractivity (Wildman–Crippen MR) is 113 cm³/mol. The third-order valence-corrected chi connectivity index (χ3v) is 5.84. The summed E-state index contributed by atoms with van der Waals surface area (Å²) in [5.41, 5.74) is 1.49. The third-order valence-electron chi connectivity index (χ3n) is 5.84. The Morgan fingerprint density at radius 1 is 0.929 bits per heavy atom. The summed E-state index contributed by atoms with van der Waals surface area (Å²) in [6.07, 6.45) is 4.31. The van der Waals surface area contributed by atoms with Gasteiger partial charge < -0.3 is 4.98 Å². The summed E-state index contributed by atoms with van der Waals surface area (Å²) in [6, 6.07) is 17.8. The van der Waals surface area contributed by atoms with Crippen molar-refractivity contribution in [3.63, 3.8) is 0 Å². The average molecular weight is 377 g/mol. The highest BCUT2D eigenvalue weighted by Gasteiger charge is 2.19. The zero-order valence-corrected chi connectivity index (χ0v) is 16.1. The fourth-order valence-electron chi connectivity index (χ4n) is 4.21. The molecule has 0 atom stereocenters. The lowest BCUT2D eigenvalue weighted by atomic mass is 9.92. The van der Waals surface area contributed by atoms with Crippen molar-refractivity contribution in [2.45, 2.75) is 38.8 Å². The first-order valence-electron chi connectivity index (χ1n) is 10.2. The highest BCUT2D eigenvalue weighted by Crippen LogP contribution is 2.23. The lowest BCUT2D eigenvalue weighted by Gasteiger charge is -2.32. The Hall–Kier alpha value is -2.66. The van der Waals surface area contributed by atoms with Gasteiger partial charge in [0.1, 0.15) is 0 Å². The van der Waals surface area contributed by atoms with Gasteiger partial charge in [-0.1, -0.05) is 42.5 Å². The van der Waals surface area contributed by atoms with Crippen molar-refractivity contribution in [1.82, 2.24) is 14.5 Å². The van der Waals surface area contributed by atoms with Crippen LogP contribution in [-0.2, 0) is 13.1 Å². The van der Waals surface area contributed by atoms with E-state index in [1.165, 1.54) is 23.0 Å². The van der Waals surface area contributed by atoms with Gasteiger partial charge in [0.05, 0.1) is 10.9 Å². The van der Waals surface area contributed by atoms with Crippen LogP contribution in [0.3, 0.4) is 0 Å². The SMILES string of the molecule is O=c1[nH]c2ccccc2c(=O)n1CCCC1CCN(Cc2ccccc2)CC1. The summed E-state index contributed by atoms with van der Waals surface area (Å²) in [7, 11) is 0. The van der Waals surface area contributed by atoms with Gasteiger partial charge in [-0.05, 0) is 62.4 Å². The minimum atomic E-state index is -0.304. The summed E-state index contributed by atoms with van der Waals surface area (Å²) < 4.78 is 1.35. The van der Waals surface area contributed by atoms with Crippen molar-refractivity contribution in [3.8, 4) is 0 Å². The maximum absolute atomic E-state index is 12.6. The normalized spacial score (nSPS) is 15.9. The van der Waals surface area contributed by atoms with Crippen LogP contribution in [0.4, 0.5) is 0 Å². The second kappa shape index (κ2) is 8.57. The van der Waals surface area contributed by atoms with E-state index in [2.05, 4.69) is 40.2 Å². The van der Waals surface area contributed by atoms with Gasteiger partial charge in [0, 0.05) is 13.1 Å². The molecule has 0 unspecified atom stereocenters. The quantitative estimate of drug-likeness (QED) is 0.716. The number of piperidine rings is 1. The zero-order chi connectivity index (χ0) is 19.3. The number of benzene rings is 2. The van der Waals surface area contributed by atoms with Crippen LogP contribution in [0, 0.1) is 5.92 Å². The monoisotopic (exact) mass is 377 g/mol. The van der Waals surface area contributed by atoms with E-state index in [1.807, 2.05) is 12.1 Å². The summed E-state index contributed by atoms with van der Waals surface area (Å²) in [5.74, 6) is 0.683. The molecule has 1 saturated heterocycles. The standard InChI is InChI=1S/C23H27N3O2/c27-22-20-10-4-5-11-21(20)24-23(28)26(22)14-6-9-18-12-15-25(16-13-18)17-19-7-2-1-3-8-19/h1-5,7-8,10-11,18H,6,9,12-17H2,(H,24,28). The molecule has 0 bridgehead atoms. The topological polar surface area (TPSA) is 58.1 Å². The molecule has 4 rings (SSSR count). The summed E-state index contributed by atoms with van der Waals surface area (Å²) in [4.78, 5) is 30.2. The number of H-pyrrole nitrogens is 1. The fraction of sp³-hybridized carbons (Fsp3) is 0.391. The van der Waals surface area contributed by atoms with Crippen molar-refractivity contribution in [2.24, 2.45) is 5.92 Å². The van der Waals surface area contributed by atoms with Gasteiger partial charge >= 0.3 is 5.69 Å². The number of fused-ring (bicyclic) bond motifs is 1. The molecule has 0 aliphatic carbocycles. The van der Waals surface area contributed by atoms with Gasteiger partial charge in [0.25, 0.3) is 5.56 Å². The first-order chi connectivity index (χ1) is 13.7. The second-order valence-corrected chi connectivity index (χ2v) is 7.78. The summed E-state index contributed by atoms with van der Waals surface area (Å²) in [6.45, 7) is 3.75. The van der Waals surface area contributed by atoms with E-state index in [0.717, 1.165) is 32.5 Å². The smallest absolute Gasteiger partial charge is 0.307 e. The summed E-state index contributed by atoms with van der Waals surface area (Å²) >= 11 is 0. The number of nitrogens with zero attached hydrogens (tertiary/aromatic N) is 2. The summed E-state index contributed by atoms with van der Waals surface area (Å²) in [5, 5.41) is 0.580. The molecule has 2 heterocycles. The van der Waals surface area contributed by atoms with Crippen LogP contribution in [-0.4, -0.2) is 27.5 Å². The Morgan fingerprint density at radius 2 is 1.64 bits per heavy atom. The number of hydrogen-bond acceptors (Lipinski definition) is 3. The van der Waals surface area contributed by atoms with Crippen molar-refractivity contribution in [3.05, 3.63) is 81.0 Å². The Kier molecular flexibility index (Phi) is 5.72. The Labute approximate surface area is 164 Å². The van der Waals surface area contributed by atoms with Crippen LogP contribution < -0.4 is 11.2 Å². The van der Waals surface area contributed by atoms with Gasteiger partial charge in [-0.15, -0.1) is 0 Å². The number of aromatic amines is 1. The molecule has 146 valence electrons. The van der Waals surface area contributed by atoms with Crippen LogP contribution in [0.2, 0.25) is 0 Å². The maximum Gasteiger partial charge on any atom is 0.328 e. The highest BCUT2D eigenvalue weighted by molar-refractivity contribution is 5.76. The second-order valence-electron chi connectivity index (χ2n) is 7.78. The molecule has 1 aromatic heterocycles. The molecule has 0 saturated carbocycles. The third kappa shape index (κ3) is 4.25. The van der Waals surface area contributed by atoms with Crippen LogP contribution >= 0.6 is 0 Å². The molecule has 3 aromatic rings. The van der Waals surface area contributed by atoms with Crippen molar-refractivity contribution >= 4 is 10.9 Å². The number of aromatic nitrogens is 2. The maximum atomic E-state index is 12.6. The van der Waals surface area contributed by atoms with Crippen LogP contribution in [0.25, 0.3) is 10.9 Å². The molecule has 5 nitrogen and oxygen atoms in total. The molecule has 0 amide bonds. The minimum absolute atomic E-state index is 0.183. The van der Waals surface area contributed by atoms with E-state index in [1.54, 1.807) is 12.1 Å². The van der Waals surface area contributed by atoms with E-state index < -0.39 is 0 Å². The molecule has 1 aliphatic rings. The van der Waals surface area contributed by atoms with Crippen molar-refractivity contribution in [2.75, 3.05) is 13.1 Å². The molecular formula is C23H27N3O2. The molecule has 2 aromatic carbocycles. The van der Waals surface area contributed by atoms with E-state index in [-0.39, 0.29) is 11.2 Å². The molecule has 1 N–H and O–H groups in total. The molecule has 0 radical (unpaired) electrons. The number of nitrogens with one attached hydrogen (secondary N) is 1. The first-order valence-corrected chi connectivity index (χ1v) is 10.2. The van der Waals surface area contributed by atoms with E-state index in [9.17, 15) is 9.59 Å². The molecular weight excluding hydrogens is 350 g/mol. The van der Waals surface area contributed by atoms with E-state index in [0.29, 0.717) is 23.4 Å². The molecule has 1 aliphatic heterocycles. The van der Waals surface area contributed by atoms with Crippen molar-refractivity contribution < 1.29 is 0 Å². The molecule has 0 spiro atoms. The average Bonchev–Trinajstić information content (AvgIpc) is 2.72. The number of rotatable bonds is 6. The molecule has 5 heteroatoms. The Bertz CT molecular complexity index is 1030. The van der Waals surface area contributed by atoms with Crippen LogP contribution in [0.5, 0.6) is 0 Å². The van der Waals surface area contributed by atoms with E-state index >= 15 is 0 Å².